The summed E-state index contributed by atoms with van der Waals surface area (Å²) in [5.41, 5.74) is 1.01. The van der Waals surface area contributed by atoms with Crippen molar-refractivity contribution >= 4 is 11.5 Å². The lowest BCUT2D eigenvalue weighted by Crippen LogP contribution is -2.21. The Morgan fingerprint density at radius 2 is 2.00 bits per heavy atom. The van der Waals surface area contributed by atoms with Gasteiger partial charge >= 0.3 is 0 Å². The molecule has 1 N–H and O–H groups in total. The number of nitrogens with one attached hydrogen (secondary N) is 1. The molecule has 1 aliphatic carbocycles. The molecule has 0 saturated heterocycles. The van der Waals surface area contributed by atoms with Crippen LogP contribution in [0, 0.1) is 11.8 Å². The van der Waals surface area contributed by atoms with Gasteiger partial charge in [0.2, 0.25) is 0 Å². The highest BCUT2D eigenvalue weighted by Crippen LogP contribution is 2.30. The summed E-state index contributed by atoms with van der Waals surface area (Å²) in [7, 11) is 0. The molecule has 19 heavy (non-hydrogen) atoms. The molecular formula is C16H23N3. The van der Waals surface area contributed by atoms with E-state index in [0.29, 0.717) is 0 Å². The summed E-state index contributed by atoms with van der Waals surface area (Å²) in [4.78, 5) is 4.32. The summed E-state index contributed by atoms with van der Waals surface area (Å²) in [5, 5.41) is 3.60. The van der Waals surface area contributed by atoms with E-state index < -0.39 is 0 Å². The largest absolute Gasteiger partial charge is 0.371 e. The van der Waals surface area contributed by atoms with E-state index >= 15 is 0 Å². The van der Waals surface area contributed by atoms with Crippen molar-refractivity contribution < 1.29 is 0 Å². The van der Waals surface area contributed by atoms with Gasteiger partial charge in [-0.05, 0) is 36.8 Å². The Morgan fingerprint density at radius 3 is 2.79 bits per heavy atom. The van der Waals surface area contributed by atoms with E-state index in [2.05, 4.69) is 33.8 Å². The first-order valence-electron chi connectivity index (χ1n) is 7.52. The predicted octanol–water partition coefficient (Wildman–Crippen LogP) is 3.96. The number of hydrogen-bond donors (Lipinski definition) is 1. The molecule has 0 amide bonds. The van der Waals surface area contributed by atoms with Crippen molar-refractivity contribution in [1.29, 1.82) is 0 Å². The zero-order valence-electron chi connectivity index (χ0n) is 11.7. The molecule has 3 nitrogen and oxygen atoms in total. The zero-order valence-corrected chi connectivity index (χ0v) is 11.7. The van der Waals surface area contributed by atoms with Gasteiger partial charge in [-0.15, -0.1) is 0 Å². The van der Waals surface area contributed by atoms with Crippen molar-refractivity contribution in [2.45, 2.75) is 39.0 Å². The fourth-order valence-corrected chi connectivity index (χ4v) is 3.18. The maximum absolute atomic E-state index is 4.32. The molecule has 0 unspecified atom stereocenters. The van der Waals surface area contributed by atoms with Gasteiger partial charge in [-0.2, -0.15) is 0 Å². The SMILES string of the molecule is CCC1CCC(CNc2cccc3nccn23)CC1. The second-order valence-electron chi connectivity index (χ2n) is 5.74. The standard InChI is InChI=1S/C16H23N3/c1-2-13-6-8-14(9-7-13)12-18-16-5-3-4-15-17-10-11-19(15)16/h3-5,10-11,13-14,18H,2,6-9,12H2,1H3. The van der Waals surface area contributed by atoms with E-state index in [0.717, 1.165) is 29.8 Å². The van der Waals surface area contributed by atoms with Crippen LogP contribution in [0.4, 0.5) is 5.82 Å². The summed E-state index contributed by atoms with van der Waals surface area (Å²) in [6.07, 6.45) is 10.8. The maximum Gasteiger partial charge on any atom is 0.138 e. The second kappa shape index (κ2) is 5.64. The van der Waals surface area contributed by atoms with Crippen LogP contribution in [-0.4, -0.2) is 15.9 Å². The first-order chi connectivity index (χ1) is 9.36. The van der Waals surface area contributed by atoms with E-state index in [9.17, 15) is 0 Å². The Balaban J connectivity index is 1.59. The van der Waals surface area contributed by atoms with Crippen LogP contribution < -0.4 is 5.32 Å². The molecule has 0 bridgehead atoms. The topological polar surface area (TPSA) is 29.3 Å². The molecule has 0 atom stereocenters. The lowest BCUT2D eigenvalue weighted by molar-refractivity contribution is 0.278. The molecule has 0 aliphatic heterocycles. The monoisotopic (exact) mass is 257 g/mol. The van der Waals surface area contributed by atoms with Gasteiger partial charge in [0.25, 0.3) is 0 Å². The van der Waals surface area contributed by atoms with Crippen LogP contribution in [-0.2, 0) is 0 Å². The number of nitrogens with zero attached hydrogens (tertiary/aromatic N) is 2. The van der Waals surface area contributed by atoms with Crippen molar-refractivity contribution in [2.24, 2.45) is 11.8 Å². The summed E-state index contributed by atoms with van der Waals surface area (Å²) in [6.45, 7) is 3.41. The fraction of sp³-hybridized carbons (Fsp3) is 0.562. The van der Waals surface area contributed by atoms with Gasteiger partial charge in [-0.3, -0.25) is 4.40 Å². The van der Waals surface area contributed by atoms with Crippen molar-refractivity contribution in [1.82, 2.24) is 9.38 Å². The van der Waals surface area contributed by atoms with Gasteiger partial charge in [0.05, 0.1) is 0 Å². The lowest BCUT2D eigenvalue weighted by atomic mass is 9.81. The second-order valence-corrected chi connectivity index (χ2v) is 5.74. The zero-order chi connectivity index (χ0) is 13.1. The Hall–Kier alpha value is -1.51. The Bertz CT molecular complexity index is 524. The number of fused-ring (bicyclic) bond motifs is 1. The minimum absolute atomic E-state index is 0.835. The molecule has 2 heterocycles. The van der Waals surface area contributed by atoms with Crippen LogP contribution in [0.5, 0.6) is 0 Å². The van der Waals surface area contributed by atoms with Crippen molar-refractivity contribution in [3.8, 4) is 0 Å². The Labute approximate surface area is 115 Å². The molecule has 0 radical (unpaired) electrons. The van der Waals surface area contributed by atoms with Crippen LogP contribution in [0.2, 0.25) is 0 Å². The minimum Gasteiger partial charge on any atom is -0.371 e. The van der Waals surface area contributed by atoms with Crippen molar-refractivity contribution in [2.75, 3.05) is 11.9 Å². The molecule has 1 fully saturated rings. The van der Waals surface area contributed by atoms with E-state index in [4.69, 9.17) is 0 Å². The average molecular weight is 257 g/mol. The molecule has 102 valence electrons. The van der Waals surface area contributed by atoms with E-state index in [1.54, 1.807) is 0 Å². The number of rotatable bonds is 4. The molecule has 0 aromatic carbocycles. The first kappa shape index (κ1) is 12.5. The van der Waals surface area contributed by atoms with Crippen LogP contribution in [0.1, 0.15) is 39.0 Å². The third-order valence-corrected chi connectivity index (χ3v) is 4.54. The van der Waals surface area contributed by atoms with Gasteiger partial charge in [0.15, 0.2) is 0 Å². The van der Waals surface area contributed by atoms with Crippen LogP contribution >= 0.6 is 0 Å². The van der Waals surface area contributed by atoms with E-state index in [-0.39, 0.29) is 0 Å². The number of aromatic nitrogens is 2. The lowest BCUT2D eigenvalue weighted by Gasteiger charge is -2.28. The maximum atomic E-state index is 4.32. The summed E-state index contributed by atoms with van der Waals surface area (Å²) in [5.74, 6) is 2.97. The molecule has 2 aromatic rings. The van der Waals surface area contributed by atoms with E-state index in [1.807, 2.05) is 18.5 Å². The third kappa shape index (κ3) is 2.75. The van der Waals surface area contributed by atoms with Gasteiger partial charge in [-0.1, -0.05) is 32.3 Å². The Morgan fingerprint density at radius 1 is 1.21 bits per heavy atom. The molecule has 0 spiro atoms. The summed E-state index contributed by atoms with van der Waals surface area (Å²) < 4.78 is 2.12. The fourth-order valence-electron chi connectivity index (χ4n) is 3.18. The van der Waals surface area contributed by atoms with E-state index in [1.165, 1.54) is 32.1 Å². The van der Waals surface area contributed by atoms with Crippen LogP contribution in [0.15, 0.2) is 30.6 Å². The normalized spacial score (nSPS) is 23.6. The number of imidazole rings is 1. The molecular weight excluding hydrogens is 234 g/mol. The van der Waals surface area contributed by atoms with Crippen molar-refractivity contribution in [3.63, 3.8) is 0 Å². The highest BCUT2D eigenvalue weighted by atomic mass is 15.1. The van der Waals surface area contributed by atoms with Gasteiger partial charge < -0.3 is 5.32 Å². The van der Waals surface area contributed by atoms with Crippen LogP contribution in [0.3, 0.4) is 0 Å². The highest BCUT2D eigenvalue weighted by Gasteiger charge is 2.19. The first-order valence-corrected chi connectivity index (χ1v) is 7.52. The number of pyridine rings is 1. The van der Waals surface area contributed by atoms with Gasteiger partial charge in [0.1, 0.15) is 11.5 Å². The molecule has 1 saturated carbocycles. The number of hydrogen-bond acceptors (Lipinski definition) is 2. The quantitative estimate of drug-likeness (QED) is 0.898. The smallest absolute Gasteiger partial charge is 0.138 e. The molecule has 2 aromatic heterocycles. The molecule has 3 heteroatoms. The summed E-state index contributed by atoms with van der Waals surface area (Å²) >= 11 is 0. The number of anilines is 1. The molecule has 1 aliphatic rings. The van der Waals surface area contributed by atoms with Gasteiger partial charge in [0, 0.05) is 18.9 Å². The van der Waals surface area contributed by atoms with Crippen LogP contribution in [0.25, 0.3) is 5.65 Å². The highest BCUT2D eigenvalue weighted by molar-refractivity contribution is 5.49. The average Bonchev–Trinajstić information content (AvgIpc) is 2.94. The van der Waals surface area contributed by atoms with Gasteiger partial charge in [-0.25, -0.2) is 4.98 Å². The third-order valence-electron chi connectivity index (χ3n) is 4.54. The minimum atomic E-state index is 0.835. The summed E-state index contributed by atoms with van der Waals surface area (Å²) in [6, 6.07) is 6.24. The predicted molar refractivity (Wildman–Crippen MR) is 79.4 cm³/mol. The molecule has 3 rings (SSSR count). The van der Waals surface area contributed by atoms with Crippen molar-refractivity contribution in [3.05, 3.63) is 30.6 Å². The Kier molecular flexibility index (Phi) is 3.72.